The summed E-state index contributed by atoms with van der Waals surface area (Å²) in [6, 6.07) is 31.5. The summed E-state index contributed by atoms with van der Waals surface area (Å²) in [5.41, 5.74) is 5.94. The number of carbonyl (C=O) groups is 2. The van der Waals surface area contributed by atoms with Crippen molar-refractivity contribution in [2.45, 2.75) is 18.6 Å². The Kier molecular flexibility index (Phi) is 7.17. The molecule has 1 atom stereocenters. The maximum atomic E-state index is 13.1. The Bertz CT molecular complexity index is 1340. The van der Waals surface area contributed by atoms with E-state index in [0.29, 0.717) is 11.3 Å². The summed E-state index contributed by atoms with van der Waals surface area (Å²) in [4.78, 5) is 26.0. The number of benzene rings is 4. The van der Waals surface area contributed by atoms with Crippen molar-refractivity contribution < 1.29 is 23.8 Å². The topological polar surface area (TPSA) is 73.9 Å². The van der Waals surface area contributed by atoms with E-state index in [-0.39, 0.29) is 19.1 Å². The Balaban J connectivity index is 1.30. The van der Waals surface area contributed by atoms with Crippen LogP contribution < -0.4 is 10.1 Å². The molecule has 0 aromatic heterocycles. The molecule has 4 aromatic carbocycles. The van der Waals surface area contributed by atoms with Gasteiger partial charge >= 0.3 is 12.1 Å². The van der Waals surface area contributed by atoms with E-state index in [1.807, 2.05) is 54.6 Å². The maximum absolute atomic E-state index is 13.1. The highest BCUT2D eigenvalue weighted by molar-refractivity contribution is 5.83. The van der Waals surface area contributed by atoms with E-state index in [4.69, 9.17) is 14.2 Å². The van der Waals surface area contributed by atoms with Gasteiger partial charge in [-0.05, 0) is 45.5 Å². The summed E-state index contributed by atoms with van der Waals surface area (Å²) in [5.74, 6) is -0.0218. The molecule has 1 amide bonds. The van der Waals surface area contributed by atoms with Gasteiger partial charge in [-0.2, -0.15) is 0 Å². The van der Waals surface area contributed by atoms with Gasteiger partial charge in [0.25, 0.3) is 0 Å². The molecule has 6 heteroatoms. The van der Waals surface area contributed by atoms with E-state index in [9.17, 15) is 9.59 Å². The van der Waals surface area contributed by atoms with Crippen LogP contribution in [-0.2, 0) is 20.9 Å². The lowest BCUT2D eigenvalue weighted by Gasteiger charge is -2.20. The first-order chi connectivity index (χ1) is 18.1. The smallest absolute Gasteiger partial charge is 0.408 e. The molecule has 1 aliphatic rings. The fraction of sp³-hybridized carbons (Fsp3) is 0.161. The first-order valence-corrected chi connectivity index (χ1v) is 12.1. The molecule has 1 N–H and O–H groups in total. The summed E-state index contributed by atoms with van der Waals surface area (Å²) >= 11 is 0. The number of nitrogens with one attached hydrogen (secondary N) is 1. The van der Waals surface area contributed by atoms with Crippen molar-refractivity contribution in [3.05, 3.63) is 125 Å². The SMILES string of the molecule is COc1ccc([C@H](NC(=O)OCC2c3ccccc3-c3ccccc32)C(=O)OCc2ccccc2)cc1. The van der Waals surface area contributed by atoms with Crippen LogP contribution in [0.25, 0.3) is 11.1 Å². The summed E-state index contributed by atoms with van der Waals surface area (Å²) < 4.78 is 16.4. The third kappa shape index (κ3) is 5.33. The lowest BCUT2D eigenvalue weighted by molar-refractivity contribution is -0.147. The molecule has 0 fully saturated rings. The zero-order valence-corrected chi connectivity index (χ0v) is 20.4. The number of methoxy groups -OCH3 is 1. The highest BCUT2D eigenvalue weighted by Crippen LogP contribution is 2.44. The predicted octanol–water partition coefficient (Wildman–Crippen LogP) is 6.02. The van der Waals surface area contributed by atoms with Gasteiger partial charge in [-0.15, -0.1) is 0 Å². The molecule has 6 nitrogen and oxygen atoms in total. The average molecular weight is 494 g/mol. The molecular formula is C31H27NO5. The van der Waals surface area contributed by atoms with Crippen molar-refractivity contribution in [1.29, 1.82) is 0 Å². The standard InChI is InChI=1S/C31H27NO5/c1-35-23-17-15-22(16-18-23)29(30(33)36-19-21-9-3-2-4-10-21)32-31(34)37-20-28-26-13-7-5-11-24(26)25-12-6-8-14-27(25)28/h2-18,28-29H,19-20H2,1H3,(H,32,34)/t29-/m0/s1. The fourth-order valence-electron chi connectivity index (χ4n) is 4.64. The minimum Gasteiger partial charge on any atom is -0.497 e. The van der Waals surface area contributed by atoms with Gasteiger partial charge in [-0.1, -0.05) is 91.0 Å². The van der Waals surface area contributed by atoms with Gasteiger partial charge in [0.05, 0.1) is 7.11 Å². The van der Waals surface area contributed by atoms with Crippen LogP contribution >= 0.6 is 0 Å². The molecule has 0 aliphatic heterocycles. The average Bonchev–Trinajstić information content (AvgIpc) is 3.28. The summed E-state index contributed by atoms with van der Waals surface area (Å²) in [5, 5.41) is 2.70. The van der Waals surface area contributed by atoms with Gasteiger partial charge in [-0.3, -0.25) is 0 Å². The van der Waals surface area contributed by atoms with E-state index < -0.39 is 18.1 Å². The summed E-state index contributed by atoms with van der Waals surface area (Å²) in [6.07, 6.45) is -0.695. The molecule has 4 aromatic rings. The quantitative estimate of drug-likeness (QED) is 0.304. The lowest BCUT2D eigenvalue weighted by atomic mass is 9.98. The van der Waals surface area contributed by atoms with Gasteiger partial charge < -0.3 is 19.5 Å². The maximum Gasteiger partial charge on any atom is 0.408 e. The zero-order valence-electron chi connectivity index (χ0n) is 20.4. The normalized spacial score (nSPS) is 12.7. The van der Waals surface area contributed by atoms with Gasteiger partial charge in [0.1, 0.15) is 19.0 Å². The number of hydrogen-bond acceptors (Lipinski definition) is 5. The van der Waals surface area contributed by atoms with Crippen molar-refractivity contribution in [1.82, 2.24) is 5.32 Å². The fourth-order valence-corrected chi connectivity index (χ4v) is 4.64. The van der Waals surface area contributed by atoms with Crippen molar-refractivity contribution >= 4 is 12.1 Å². The molecule has 0 saturated heterocycles. The Morgan fingerprint density at radius 3 is 1.97 bits per heavy atom. The zero-order chi connectivity index (χ0) is 25.6. The van der Waals surface area contributed by atoms with Crippen LogP contribution in [0.4, 0.5) is 4.79 Å². The molecule has 0 radical (unpaired) electrons. The Labute approximate surface area is 215 Å². The summed E-state index contributed by atoms with van der Waals surface area (Å²) in [7, 11) is 1.57. The highest BCUT2D eigenvalue weighted by atomic mass is 16.6. The number of hydrogen-bond donors (Lipinski definition) is 1. The van der Waals surface area contributed by atoms with E-state index in [0.717, 1.165) is 27.8 Å². The van der Waals surface area contributed by atoms with Crippen molar-refractivity contribution in [3.63, 3.8) is 0 Å². The highest BCUT2D eigenvalue weighted by Gasteiger charge is 2.30. The Morgan fingerprint density at radius 1 is 0.757 bits per heavy atom. The van der Waals surface area contributed by atoms with Crippen LogP contribution in [-0.4, -0.2) is 25.8 Å². The second kappa shape index (κ2) is 11.0. The largest absolute Gasteiger partial charge is 0.497 e. The van der Waals surface area contributed by atoms with Gasteiger partial charge in [0, 0.05) is 5.92 Å². The van der Waals surface area contributed by atoms with E-state index >= 15 is 0 Å². The third-order valence-corrected chi connectivity index (χ3v) is 6.51. The third-order valence-electron chi connectivity index (χ3n) is 6.51. The molecule has 5 rings (SSSR count). The number of esters is 1. The monoisotopic (exact) mass is 493 g/mol. The Hall–Kier alpha value is -4.58. The molecule has 0 heterocycles. The van der Waals surface area contributed by atoms with Crippen LogP contribution in [0.15, 0.2) is 103 Å². The van der Waals surface area contributed by atoms with E-state index in [1.165, 1.54) is 0 Å². The van der Waals surface area contributed by atoms with Crippen molar-refractivity contribution in [2.75, 3.05) is 13.7 Å². The Morgan fingerprint density at radius 2 is 1.35 bits per heavy atom. The minimum atomic E-state index is -1.04. The first-order valence-electron chi connectivity index (χ1n) is 12.1. The van der Waals surface area contributed by atoms with Crippen LogP contribution in [0, 0.1) is 0 Å². The molecule has 37 heavy (non-hydrogen) atoms. The van der Waals surface area contributed by atoms with E-state index in [2.05, 4.69) is 29.6 Å². The number of amides is 1. The van der Waals surface area contributed by atoms with Gasteiger partial charge in [0.15, 0.2) is 6.04 Å². The van der Waals surface area contributed by atoms with Gasteiger partial charge in [0.2, 0.25) is 0 Å². The number of alkyl carbamates (subject to hydrolysis) is 1. The second-order valence-electron chi connectivity index (χ2n) is 8.77. The van der Waals surface area contributed by atoms with Gasteiger partial charge in [-0.25, -0.2) is 9.59 Å². The van der Waals surface area contributed by atoms with Crippen LogP contribution in [0.1, 0.15) is 34.2 Å². The van der Waals surface area contributed by atoms with Crippen molar-refractivity contribution in [2.24, 2.45) is 0 Å². The molecule has 1 aliphatic carbocycles. The number of carbonyl (C=O) groups excluding carboxylic acids is 2. The molecule has 0 spiro atoms. The second-order valence-corrected chi connectivity index (χ2v) is 8.77. The molecule has 0 bridgehead atoms. The van der Waals surface area contributed by atoms with Crippen LogP contribution in [0.3, 0.4) is 0 Å². The number of fused-ring (bicyclic) bond motifs is 3. The number of ether oxygens (including phenoxy) is 3. The van der Waals surface area contributed by atoms with Crippen LogP contribution in [0.2, 0.25) is 0 Å². The first kappa shape index (κ1) is 24.1. The predicted molar refractivity (Wildman–Crippen MR) is 140 cm³/mol. The lowest BCUT2D eigenvalue weighted by Crippen LogP contribution is -2.35. The van der Waals surface area contributed by atoms with Crippen molar-refractivity contribution in [3.8, 4) is 16.9 Å². The molecular weight excluding hydrogens is 466 g/mol. The number of rotatable bonds is 8. The minimum absolute atomic E-state index is 0.0809. The molecule has 0 saturated carbocycles. The van der Waals surface area contributed by atoms with E-state index in [1.54, 1.807) is 31.4 Å². The molecule has 186 valence electrons. The van der Waals surface area contributed by atoms with Crippen LogP contribution in [0.5, 0.6) is 5.75 Å². The summed E-state index contributed by atoms with van der Waals surface area (Å²) in [6.45, 7) is 0.243. The molecule has 0 unspecified atom stereocenters.